The van der Waals surface area contributed by atoms with Crippen molar-refractivity contribution in [1.29, 1.82) is 0 Å². The SMILES string of the molecule is COC(OC)C(C)[C@H]1CC[C@H]2[C@@H]3C=CC4=CC(O)C5OC5[C@]4(C)[C@H]3CC[C@]12C. The highest BCUT2D eigenvalue weighted by Crippen LogP contribution is 2.68. The predicted molar refractivity (Wildman–Crippen MR) is 108 cm³/mol. The first-order valence-corrected chi connectivity index (χ1v) is 11.2. The summed E-state index contributed by atoms with van der Waals surface area (Å²) >= 11 is 0. The van der Waals surface area contributed by atoms with Gasteiger partial charge in [-0.05, 0) is 66.4 Å². The fraction of sp³-hybridized carbons (Fsp3) is 0.833. The number of rotatable bonds is 4. The maximum atomic E-state index is 10.3. The number of hydrogen-bond donors (Lipinski definition) is 1. The minimum absolute atomic E-state index is 0.0229. The van der Waals surface area contributed by atoms with Gasteiger partial charge in [-0.3, -0.25) is 0 Å². The summed E-state index contributed by atoms with van der Waals surface area (Å²) in [4.78, 5) is 0. The summed E-state index contributed by atoms with van der Waals surface area (Å²) in [7, 11) is 3.52. The summed E-state index contributed by atoms with van der Waals surface area (Å²) in [5.41, 5.74) is 1.72. The van der Waals surface area contributed by atoms with Crippen molar-refractivity contribution >= 4 is 0 Å². The van der Waals surface area contributed by atoms with Crippen LogP contribution in [0.15, 0.2) is 23.8 Å². The topological polar surface area (TPSA) is 51.2 Å². The highest BCUT2D eigenvalue weighted by molar-refractivity contribution is 5.41. The smallest absolute Gasteiger partial charge is 0.159 e. The van der Waals surface area contributed by atoms with Gasteiger partial charge in [0.1, 0.15) is 12.2 Å². The number of epoxide rings is 1. The Morgan fingerprint density at radius 2 is 1.89 bits per heavy atom. The molecule has 10 atom stereocenters. The third kappa shape index (κ3) is 2.38. The molecule has 5 aliphatic rings. The molecule has 0 spiro atoms. The van der Waals surface area contributed by atoms with Crippen LogP contribution in [0.5, 0.6) is 0 Å². The fourth-order valence-corrected chi connectivity index (χ4v) is 8.15. The average molecular weight is 389 g/mol. The lowest BCUT2D eigenvalue weighted by atomic mass is 9.48. The highest BCUT2D eigenvalue weighted by atomic mass is 16.7. The third-order valence-electron chi connectivity index (χ3n) is 9.63. The summed E-state index contributed by atoms with van der Waals surface area (Å²) in [5, 5.41) is 10.3. The van der Waals surface area contributed by atoms with E-state index < -0.39 is 6.10 Å². The van der Waals surface area contributed by atoms with E-state index in [-0.39, 0.29) is 23.9 Å². The molecule has 4 unspecified atom stereocenters. The minimum Gasteiger partial charge on any atom is -0.386 e. The number of aliphatic hydroxyl groups excluding tert-OH is 1. The Morgan fingerprint density at radius 1 is 1.14 bits per heavy atom. The molecule has 5 rings (SSSR count). The van der Waals surface area contributed by atoms with Crippen molar-refractivity contribution in [2.75, 3.05) is 14.2 Å². The van der Waals surface area contributed by atoms with Gasteiger partial charge in [-0.2, -0.15) is 0 Å². The van der Waals surface area contributed by atoms with Gasteiger partial charge in [-0.15, -0.1) is 0 Å². The quantitative estimate of drug-likeness (QED) is 0.585. The highest BCUT2D eigenvalue weighted by Gasteiger charge is 2.66. The van der Waals surface area contributed by atoms with E-state index in [1.807, 2.05) is 0 Å². The van der Waals surface area contributed by atoms with Crippen LogP contribution in [0.2, 0.25) is 0 Å². The van der Waals surface area contributed by atoms with E-state index in [1.165, 1.54) is 31.3 Å². The maximum Gasteiger partial charge on any atom is 0.159 e. The number of aliphatic hydroxyl groups is 1. The molecule has 2 saturated carbocycles. The van der Waals surface area contributed by atoms with Crippen molar-refractivity contribution in [2.45, 2.75) is 71.1 Å². The number of methoxy groups -OCH3 is 2. The van der Waals surface area contributed by atoms with E-state index in [2.05, 4.69) is 39.0 Å². The van der Waals surface area contributed by atoms with Crippen LogP contribution in [-0.2, 0) is 14.2 Å². The van der Waals surface area contributed by atoms with Crippen molar-refractivity contribution in [3.63, 3.8) is 0 Å². The monoisotopic (exact) mass is 388 g/mol. The van der Waals surface area contributed by atoms with Gasteiger partial charge in [0.15, 0.2) is 6.29 Å². The van der Waals surface area contributed by atoms with Crippen LogP contribution < -0.4 is 0 Å². The molecule has 1 heterocycles. The molecule has 28 heavy (non-hydrogen) atoms. The summed E-state index contributed by atoms with van der Waals surface area (Å²) in [6.45, 7) is 7.25. The summed E-state index contributed by atoms with van der Waals surface area (Å²) in [6, 6.07) is 0. The molecule has 0 amide bonds. The fourth-order valence-electron chi connectivity index (χ4n) is 8.15. The van der Waals surface area contributed by atoms with Gasteiger partial charge in [-0.1, -0.05) is 32.9 Å². The second kappa shape index (κ2) is 6.41. The molecule has 0 aromatic rings. The van der Waals surface area contributed by atoms with Crippen LogP contribution in [-0.4, -0.2) is 43.9 Å². The van der Waals surface area contributed by atoms with Gasteiger partial charge >= 0.3 is 0 Å². The Hall–Kier alpha value is -0.680. The second-order valence-corrected chi connectivity index (χ2v) is 10.5. The third-order valence-corrected chi connectivity index (χ3v) is 9.63. The van der Waals surface area contributed by atoms with Crippen LogP contribution in [0, 0.1) is 40.4 Å². The molecular formula is C24H36O4. The first-order chi connectivity index (χ1) is 13.4. The molecule has 156 valence electrons. The summed E-state index contributed by atoms with van der Waals surface area (Å²) in [5.74, 6) is 2.99. The van der Waals surface area contributed by atoms with E-state index >= 15 is 0 Å². The number of allylic oxidation sites excluding steroid dienone is 2. The molecular weight excluding hydrogens is 352 g/mol. The number of ether oxygens (including phenoxy) is 3. The predicted octanol–water partition coefficient (Wildman–Crippen LogP) is 3.94. The minimum atomic E-state index is -0.431. The summed E-state index contributed by atoms with van der Waals surface area (Å²) in [6.07, 6.45) is 11.6. The average Bonchev–Trinajstić information content (AvgIpc) is 3.41. The van der Waals surface area contributed by atoms with E-state index in [1.54, 1.807) is 14.2 Å². The molecule has 4 nitrogen and oxygen atoms in total. The molecule has 3 fully saturated rings. The van der Waals surface area contributed by atoms with Crippen LogP contribution >= 0.6 is 0 Å². The molecule has 0 aromatic carbocycles. The molecule has 4 aliphatic carbocycles. The van der Waals surface area contributed by atoms with Gasteiger partial charge in [0.25, 0.3) is 0 Å². The zero-order valence-corrected chi connectivity index (χ0v) is 17.9. The first kappa shape index (κ1) is 19.3. The van der Waals surface area contributed by atoms with Crippen LogP contribution in [0.3, 0.4) is 0 Å². The Labute approximate surface area is 169 Å². The van der Waals surface area contributed by atoms with E-state index in [0.717, 1.165) is 0 Å². The first-order valence-electron chi connectivity index (χ1n) is 11.2. The van der Waals surface area contributed by atoms with Crippen molar-refractivity contribution in [1.82, 2.24) is 0 Å². The Kier molecular flexibility index (Phi) is 4.41. The van der Waals surface area contributed by atoms with Crippen molar-refractivity contribution in [3.8, 4) is 0 Å². The largest absolute Gasteiger partial charge is 0.386 e. The standard InChI is InChI=1S/C24H36O4/c1-13(22(26-4)27-5)16-8-9-17-15-7-6-14-12-19(25)20-21(28-20)24(14,3)18(15)10-11-23(16,17)2/h6-7,12-13,15-22,25H,8-11H2,1-5H3/t13?,15-,16+,17-,18-,19?,20?,21?,23+,24-/m0/s1. The van der Waals surface area contributed by atoms with Crippen LogP contribution in [0.4, 0.5) is 0 Å². The van der Waals surface area contributed by atoms with E-state index in [9.17, 15) is 5.11 Å². The lowest BCUT2D eigenvalue weighted by Crippen LogP contribution is -2.52. The molecule has 0 bridgehead atoms. The van der Waals surface area contributed by atoms with Gasteiger partial charge in [0, 0.05) is 25.6 Å². The zero-order chi connectivity index (χ0) is 19.8. The maximum absolute atomic E-state index is 10.3. The van der Waals surface area contributed by atoms with Gasteiger partial charge in [-0.25, -0.2) is 0 Å². The van der Waals surface area contributed by atoms with Crippen molar-refractivity contribution < 1.29 is 19.3 Å². The number of fused-ring (bicyclic) bond motifs is 7. The van der Waals surface area contributed by atoms with E-state index in [4.69, 9.17) is 14.2 Å². The van der Waals surface area contributed by atoms with E-state index in [0.29, 0.717) is 35.0 Å². The lowest BCUT2D eigenvalue weighted by Gasteiger charge is -2.56. The van der Waals surface area contributed by atoms with Gasteiger partial charge in [0.2, 0.25) is 0 Å². The normalized spacial score (nSPS) is 52.4. The van der Waals surface area contributed by atoms with Crippen LogP contribution in [0.1, 0.15) is 46.5 Å². The van der Waals surface area contributed by atoms with Gasteiger partial charge in [0.05, 0.1) is 6.10 Å². The Balaban J connectivity index is 1.45. The Bertz CT molecular complexity index is 697. The summed E-state index contributed by atoms with van der Waals surface area (Å²) < 4.78 is 17.3. The zero-order valence-electron chi connectivity index (χ0n) is 17.9. The number of hydrogen-bond acceptors (Lipinski definition) is 4. The molecule has 1 N–H and O–H groups in total. The molecule has 4 heteroatoms. The molecule has 0 aromatic heterocycles. The lowest BCUT2D eigenvalue weighted by molar-refractivity contribution is -0.159. The molecule has 1 aliphatic heterocycles. The van der Waals surface area contributed by atoms with Crippen molar-refractivity contribution in [2.24, 2.45) is 40.4 Å². The Morgan fingerprint density at radius 3 is 2.61 bits per heavy atom. The molecule has 1 saturated heterocycles. The van der Waals surface area contributed by atoms with Gasteiger partial charge < -0.3 is 19.3 Å². The van der Waals surface area contributed by atoms with Crippen LogP contribution in [0.25, 0.3) is 0 Å². The molecule has 0 radical (unpaired) electrons. The second-order valence-electron chi connectivity index (χ2n) is 10.5. The van der Waals surface area contributed by atoms with Crippen molar-refractivity contribution in [3.05, 3.63) is 23.8 Å².